The zero-order chi connectivity index (χ0) is 7.40. The maximum absolute atomic E-state index is 3.00. The van der Waals surface area contributed by atoms with Crippen molar-refractivity contribution in [3.8, 4) is 0 Å². The van der Waals surface area contributed by atoms with Gasteiger partial charge in [-0.2, -0.15) is 0 Å². The zero-order valence-electron chi connectivity index (χ0n) is 6.81. The van der Waals surface area contributed by atoms with Crippen molar-refractivity contribution >= 4 is 0 Å². The van der Waals surface area contributed by atoms with E-state index in [9.17, 15) is 0 Å². The predicted molar refractivity (Wildman–Crippen MR) is 45.9 cm³/mol. The molecule has 0 radical (unpaired) electrons. The van der Waals surface area contributed by atoms with E-state index < -0.39 is 0 Å². The highest BCUT2D eigenvalue weighted by molar-refractivity contribution is 4.79. The molecule has 2 aliphatic rings. The van der Waals surface area contributed by atoms with Gasteiger partial charge in [-0.15, -0.1) is 13.2 Å². The maximum Gasteiger partial charge on any atom is -0.0414 e. The Labute approximate surface area is 64.3 Å². The van der Waals surface area contributed by atoms with E-state index in [0.29, 0.717) is 0 Å². The summed E-state index contributed by atoms with van der Waals surface area (Å²) in [5.74, 6) is 2.35. The fraction of sp³-hybridized carbons (Fsp3) is 0.800. The second kappa shape index (κ2) is 3.80. The summed E-state index contributed by atoms with van der Waals surface area (Å²) in [5.41, 5.74) is 0. The molecule has 2 fully saturated rings. The fourth-order valence-electron chi connectivity index (χ4n) is 1.28. The Morgan fingerprint density at radius 3 is 1.30 bits per heavy atom. The molecule has 0 unspecified atom stereocenters. The van der Waals surface area contributed by atoms with Gasteiger partial charge in [-0.1, -0.05) is 38.5 Å². The van der Waals surface area contributed by atoms with E-state index in [-0.39, 0.29) is 0 Å². The molecule has 0 saturated heterocycles. The van der Waals surface area contributed by atoms with Crippen LogP contribution in [0.2, 0.25) is 0 Å². The molecule has 0 aromatic rings. The van der Waals surface area contributed by atoms with Crippen LogP contribution in [0.15, 0.2) is 13.2 Å². The van der Waals surface area contributed by atoms with Crippen molar-refractivity contribution in [2.45, 2.75) is 38.5 Å². The minimum Gasteiger partial charge on any atom is -0.106 e. The first-order valence-electron chi connectivity index (χ1n) is 4.45. The monoisotopic (exact) mass is 138 g/mol. The molecule has 0 aromatic carbocycles. The van der Waals surface area contributed by atoms with Crippen molar-refractivity contribution in [1.29, 1.82) is 0 Å². The van der Waals surface area contributed by atoms with Crippen molar-refractivity contribution in [2.24, 2.45) is 11.8 Å². The Kier molecular flexibility index (Phi) is 2.98. The molecular weight excluding hydrogens is 120 g/mol. The quantitative estimate of drug-likeness (QED) is 0.524. The van der Waals surface area contributed by atoms with Crippen LogP contribution in [-0.4, -0.2) is 0 Å². The topological polar surface area (TPSA) is 0 Å². The smallest absolute Gasteiger partial charge is 0.0414 e. The van der Waals surface area contributed by atoms with Gasteiger partial charge < -0.3 is 0 Å². The summed E-state index contributed by atoms with van der Waals surface area (Å²) in [6.45, 7) is 6.00. The lowest BCUT2D eigenvalue weighted by atomic mass is 10.2. The second-order valence-electron chi connectivity index (χ2n) is 3.46. The van der Waals surface area contributed by atoms with Gasteiger partial charge in [0.15, 0.2) is 0 Å². The molecule has 0 atom stereocenters. The van der Waals surface area contributed by atoms with Gasteiger partial charge in [-0.05, 0) is 11.8 Å². The summed E-state index contributed by atoms with van der Waals surface area (Å²) in [6.07, 6.45) is 9.31. The van der Waals surface area contributed by atoms with E-state index in [2.05, 4.69) is 13.2 Å². The van der Waals surface area contributed by atoms with Gasteiger partial charge in [-0.25, -0.2) is 0 Å². The van der Waals surface area contributed by atoms with E-state index in [0.717, 1.165) is 0 Å². The molecule has 58 valence electrons. The highest BCUT2D eigenvalue weighted by Crippen LogP contribution is 2.40. The highest BCUT2D eigenvalue weighted by atomic mass is 14.3. The predicted octanol–water partition coefficient (Wildman–Crippen LogP) is 3.39. The molecule has 10 heavy (non-hydrogen) atoms. The van der Waals surface area contributed by atoms with Gasteiger partial charge in [0.2, 0.25) is 0 Å². The molecule has 0 amide bonds. The van der Waals surface area contributed by atoms with E-state index >= 15 is 0 Å². The fourth-order valence-corrected chi connectivity index (χ4v) is 1.28. The van der Waals surface area contributed by atoms with Crippen LogP contribution >= 0.6 is 0 Å². The van der Waals surface area contributed by atoms with Crippen LogP contribution < -0.4 is 0 Å². The van der Waals surface area contributed by atoms with Crippen molar-refractivity contribution in [2.75, 3.05) is 0 Å². The van der Waals surface area contributed by atoms with E-state index in [1.54, 1.807) is 38.5 Å². The molecule has 0 bridgehead atoms. The SMILES string of the molecule is C1CC1CCC1CC1.C=C. The van der Waals surface area contributed by atoms with E-state index in [4.69, 9.17) is 0 Å². The average molecular weight is 138 g/mol. The third-order valence-electron chi connectivity index (χ3n) is 2.38. The normalized spacial score (nSPS) is 23.2. The van der Waals surface area contributed by atoms with Crippen LogP contribution in [0.1, 0.15) is 38.5 Å². The lowest BCUT2D eigenvalue weighted by Gasteiger charge is -1.91. The van der Waals surface area contributed by atoms with Gasteiger partial charge in [0.1, 0.15) is 0 Å². The van der Waals surface area contributed by atoms with Crippen molar-refractivity contribution < 1.29 is 0 Å². The van der Waals surface area contributed by atoms with Crippen LogP contribution in [0, 0.1) is 11.8 Å². The van der Waals surface area contributed by atoms with Crippen molar-refractivity contribution in [3.63, 3.8) is 0 Å². The van der Waals surface area contributed by atoms with Crippen molar-refractivity contribution in [1.82, 2.24) is 0 Å². The summed E-state index contributed by atoms with van der Waals surface area (Å²) in [5, 5.41) is 0. The average Bonchev–Trinajstić information content (AvgIpc) is 2.85. The van der Waals surface area contributed by atoms with Crippen LogP contribution in [0.25, 0.3) is 0 Å². The summed E-state index contributed by atoms with van der Waals surface area (Å²) < 4.78 is 0. The molecule has 2 aliphatic carbocycles. The first-order chi connectivity index (χ1) is 4.95. The summed E-state index contributed by atoms with van der Waals surface area (Å²) in [4.78, 5) is 0. The Balaban J connectivity index is 0.000000231. The van der Waals surface area contributed by atoms with Crippen molar-refractivity contribution in [3.05, 3.63) is 13.2 Å². The highest BCUT2D eigenvalue weighted by Gasteiger charge is 2.26. The van der Waals surface area contributed by atoms with Crippen LogP contribution in [0.4, 0.5) is 0 Å². The van der Waals surface area contributed by atoms with Gasteiger partial charge in [0.25, 0.3) is 0 Å². The molecule has 0 aliphatic heterocycles. The van der Waals surface area contributed by atoms with Crippen LogP contribution in [-0.2, 0) is 0 Å². The molecule has 0 nitrogen and oxygen atoms in total. The Morgan fingerprint density at radius 1 is 0.800 bits per heavy atom. The molecule has 0 spiro atoms. The number of hydrogen-bond donors (Lipinski definition) is 0. The summed E-state index contributed by atoms with van der Waals surface area (Å²) in [7, 11) is 0. The van der Waals surface area contributed by atoms with Crippen LogP contribution in [0.3, 0.4) is 0 Å². The van der Waals surface area contributed by atoms with Gasteiger partial charge in [0.05, 0.1) is 0 Å². The Morgan fingerprint density at radius 2 is 1.10 bits per heavy atom. The molecule has 2 saturated carbocycles. The molecule has 0 N–H and O–H groups in total. The Hall–Kier alpha value is -0.260. The summed E-state index contributed by atoms with van der Waals surface area (Å²) in [6, 6.07) is 0. The van der Waals surface area contributed by atoms with E-state index in [1.165, 1.54) is 11.8 Å². The zero-order valence-corrected chi connectivity index (χ0v) is 6.81. The number of rotatable bonds is 3. The lowest BCUT2D eigenvalue weighted by Crippen LogP contribution is -1.77. The van der Waals surface area contributed by atoms with Gasteiger partial charge in [-0.3, -0.25) is 0 Å². The van der Waals surface area contributed by atoms with Crippen LogP contribution in [0.5, 0.6) is 0 Å². The first-order valence-corrected chi connectivity index (χ1v) is 4.45. The molecular formula is C10H18. The van der Waals surface area contributed by atoms with Gasteiger partial charge >= 0.3 is 0 Å². The summed E-state index contributed by atoms with van der Waals surface area (Å²) >= 11 is 0. The molecule has 0 heterocycles. The molecule has 2 rings (SSSR count). The minimum atomic E-state index is 1.18. The minimum absolute atomic E-state index is 1.18. The van der Waals surface area contributed by atoms with E-state index in [1.807, 2.05) is 0 Å². The third-order valence-corrected chi connectivity index (χ3v) is 2.38. The largest absolute Gasteiger partial charge is 0.106 e. The maximum atomic E-state index is 3.00. The van der Waals surface area contributed by atoms with Gasteiger partial charge in [0, 0.05) is 0 Å². The standard InChI is InChI=1S/C8H14.C2H4/c1-2-7(1)5-6-8-3-4-8;1-2/h7-8H,1-6H2;1-2H2. The third kappa shape index (κ3) is 3.05. The number of hydrogen-bond acceptors (Lipinski definition) is 0. The first kappa shape index (κ1) is 7.84. The molecule has 0 heteroatoms. The lowest BCUT2D eigenvalue weighted by molar-refractivity contribution is 0.616. The Bertz CT molecular complexity index is 76.2. The second-order valence-corrected chi connectivity index (χ2v) is 3.46. The molecule has 0 aromatic heterocycles.